The van der Waals surface area contributed by atoms with Crippen molar-refractivity contribution in [2.24, 2.45) is 0 Å². The van der Waals surface area contributed by atoms with Crippen molar-refractivity contribution in [2.45, 2.75) is 51.9 Å². The second-order valence-corrected chi connectivity index (χ2v) is 4.09. The third-order valence-corrected chi connectivity index (χ3v) is 2.70. The van der Waals surface area contributed by atoms with Crippen molar-refractivity contribution in [3.8, 4) is 0 Å². The molecule has 1 rings (SSSR count). The van der Waals surface area contributed by atoms with Crippen LogP contribution in [0.25, 0.3) is 0 Å². The third-order valence-electron chi connectivity index (χ3n) is 2.70. The maximum atomic E-state index is 10.4. The van der Waals surface area contributed by atoms with Gasteiger partial charge in [-0.3, -0.25) is 4.79 Å². The zero-order valence-corrected chi connectivity index (χ0v) is 9.59. The van der Waals surface area contributed by atoms with E-state index in [1.54, 1.807) is 6.20 Å². The van der Waals surface area contributed by atoms with Crippen LogP contribution in [0.5, 0.6) is 0 Å². The molecule has 0 bridgehead atoms. The van der Waals surface area contributed by atoms with Gasteiger partial charge in [0.2, 0.25) is 0 Å². The molecule has 1 N–H and O–H groups in total. The number of H-pyrrole nitrogens is 1. The van der Waals surface area contributed by atoms with E-state index in [4.69, 9.17) is 0 Å². The van der Waals surface area contributed by atoms with E-state index in [2.05, 4.69) is 11.9 Å². The molecule has 0 aliphatic rings. The van der Waals surface area contributed by atoms with Crippen LogP contribution in [0.15, 0.2) is 12.3 Å². The molecule has 0 saturated carbocycles. The smallest absolute Gasteiger partial charge is 0.151 e. The number of nitrogens with one attached hydrogen (secondary N) is 1. The van der Waals surface area contributed by atoms with Gasteiger partial charge in [0.05, 0.1) is 0 Å². The average Bonchev–Trinajstić information content (AvgIpc) is 2.71. The molecule has 0 saturated heterocycles. The molecule has 84 valence electrons. The number of carbonyl (C=O) groups excluding carboxylic acids is 1. The number of aromatic nitrogens is 1. The van der Waals surface area contributed by atoms with Crippen LogP contribution in [0.2, 0.25) is 0 Å². The van der Waals surface area contributed by atoms with Crippen molar-refractivity contribution in [1.29, 1.82) is 0 Å². The summed E-state index contributed by atoms with van der Waals surface area (Å²) in [5.74, 6) is 0. The molecule has 0 aromatic carbocycles. The molecular weight excluding hydrogens is 186 g/mol. The predicted octanol–water partition coefficient (Wildman–Crippen LogP) is 3.73. The van der Waals surface area contributed by atoms with Crippen LogP contribution in [0.3, 0.4) is 0 Å². The lowest BCUT2D eigenvalue weighted by molar-refractivity contribution is 0.112. The number of aromatic amines is 1. The molecule has 0 aliphatic heterocycles. The number of aryl methyl sites for hydroxylation is 1. The molecule has 0 aliphatic carbocycles. The highest BCUT2D eigenvalue weighted by atomic mass is 16.1. The van der Waals surface area contributed by atoms with E-state index in [0.717, 1.165) is 18.3 Å². The van der Waals surface area contributed by atoms with Gasteiger partial charge in [-0.05, 0) is 18.9 Å². The van der Waals surface area contributed by atoms with Crippen molar-refractivity contribution in [3.63, 3.8) is 0 Å². The summed E-state index contributed by atoms with van der Waals surface area (Å²) in [6, 6.07) is 1.94. The Labute approximate surface area is 92.1 Å². The van der Waals surface area contributed by atoms with Crippen LogP contribution >= 0.6 is 0 Å². The first-order chi connectivity index (χ1) is 7.36. The zero-order valence-electron chi connectivity index (χ0n) is 9.59. The number of hydrogen-bond acceptors (Lipinski definition) is 1. The highest BCUT2D eigenvalue weighted by Crippen LogP contribution is 2.09. The van der Waals surface area contributed by atoms with E-state index in [0.29, 0.717) is 0 Å². The zero-order chi connectivity index (χ0) is 10.9. The largest absolute Gasteiger partial charge is 0.364 e. The Balaban J connectivity index is 2.07. The number of hydrogen-bond donors (Lipinski definition) is 1. The minimum absolute atomic E-state index is 0.760. The lowest BCUT2D eigenvalue weighted by Gasteiger charge is -1.99. The maximum Gasteiger partial charge on any atom is 0.151 e. The molecule has 0 unspecified atom stereocenters. The first-order valence-corrected chi connectivity index (χ1v) is 5.99. The quantitative estimate of drug-likeness (QED) is 0.511. The monoisotopic (exact) mass is 207 g/mol. The van der Waals surface area contributed by atoms with Gasteiger partial charge in [0.1, 0.15) is 0 Å². The molecule has 0 fully saturated rings. The van der Waals surface area contributed by atoms with Crippen LogP contribution in [0.1, 0.15) is 61.5 Å². The highest BCUT2D eigenvalue weighted by Gasteiger charge is 1.97. The van der Waals surface area contributed by atoms with Crippen molar-refractivity contribution in [3.05, 3.63) is 23.5 Å². The summed E-state index contributed by atoms with van der Waals surface area (Å²) in [4.78, 5) is 13.6. The molecule has 1 heterocycles. The second kappa shape index (κ2) is 7.27. The first kappa shape index (κ1) is 12.0. The Morgan fingerprint density at radius 1 is 1.20 bits per heavy atom. The number of carbonyl (C=O) groups is 1. The van der Waals surface area contributed by atoms with E-state index < -0.39 is 0 Å². The van der Waals surface area contributed by atoms with E-state index >= 15 is 0 Å². The molecule has 0 radical (unpaired) electrons. The van der Waals surface area contributed by atoms with E-state index in [1.165, 1.54) is 44.2 Å². The Hall–Kier alpha value is -1.05. The fraction of sp³-hybridized carbons (Fsp3) is 0.615. The van der Waals surface area contributed by atoms with Crippen LogP contribution in [0, 0.1) is 0 Å². The van der Waals surface area contributed by atoms with E-state index in [1.807, 2.05) is 6.07 Å². The molecule has 0 spiro atoms. The van der Waals surface area contributed by atoms with Gasteiger partial charge in [0, 0.05) is 17.5 Å². The molecule has 2 nitrogen and oxygen atoms in total. The fourth-order valence-electron chi connectivity index (χ4n) is 1.77. The summed E-state index contributed by atoms with van der Waals surface area (Å²) in [7, 11) is 0. The van der Waals surface area contributed by atoms with Gasteiger partial charge in [0.25, 0.3) is 0 Å². The number of unbranched alkanes of at least 4 members (excludes halogenated alkanes) is 5. The van der Waals surface area contributed by atoms with Crippen LogP contribution in [-0.4, -0.2) is 11.3 Å². The van der Waals surface area contributed by atoms with Crippen molar-refractivity contribution >= 4 is 6.29 Å². The molecule has 1 aromatic heterocycles. The normalized spacial score (nSPS) is 10.5. The molecule has 0 amide bonds. The van der Waals surface area contributed by atoms with Gasteiger partial charge in [-0.2, -0.15) is 0 Å². The van der Waals surface area contributed by atoms with Crippen LogP contribution in [-0.2, 0) is 6.42 Å². The van der Waals surface area contributed by atoms with E-state index in [9.17, 15) is 4.79 Å². The number of rotatable bonds is 8. The Morgan fingerprint density at radius 3 is 2.60 bits per heavy atom. The number of aldehydes is 1. The lowest BCUT2D eigenvalue weighted by Crippen LogP contribution is -1.85. The highest BCUT2D eigenvalue weighted by molar-refractivity contribution is 5.74. The van der Waals surface area contributed by atoms with Gasteiger partial charge in [-0.15, -0.1) is 0 Å². The molecule has 15 heavy (non-hydrogen) atoms. The Morgan fingerprint density at radius 2 is 1.93 bits per heavy atom. The maximum absolute atomic E-state index is 10.4. The summed E-state index contributed by atoms with van der Waals surface area (Å²) in [6.45, 7) is 2.24. The minimum atomic E-state index is 0.760. The summed E-state index contributed by atoms with van der Waals surface area (Å²) in [6.07, 6.45) is 11.6. The Kier molecular flexibility index (Phi) is 5.83. The van der Waals surface area contributed by atoms with Crippen molar-refractivity contribution in [2.75, 3.05) is 0 Å². The first-order valence-electron chi connectivity index (χ1n) is 5.99. The van der Waals surface area contributed by atoms with Gasteiger partial charge < -0.3 is 4.98 Å². The SMILES string of the molecule is CCCCCCCCc1cc(C=O)c[nH]1. The topological polar surface area (TPSA) is 32.9 Å². The molecular formula is C13H21NO. The van der Waals surface area contributed by atoms with Crippen molar-refractivity contribution < 1.29 is 4.79 Å². The predicted molar refractivity (Wildman–Crippen MR) is 63.3 cm³/mol. The Bertz CT molecular complexity index is 278. The molecule has 1 aromatic rings. The van der Waals surface area contributed by atoms with Crippen LogP contribution < -0.4 is 0 Å². The minimum Gasteiger partial charge on any atom is -0.364 e. The summed E-state index contributed by atoms with van der Waals surface area (Å²) in [5.41, 5.74) is 1.95. The van der Waals surface area contributed by atoms with Crippen molar-refractivity contribution in [1.82, 2.24) is 4.98 Å². The molecule has 2 heteroatoms. The van der Waals surface area contributed by atoms with Gasteiger partial charge in [-0.1, -0.05) is 39.0 Å². The summed E-state index contributed by atoms with van der Waals surface area (Å²) >= 11 is 0. The summed E-state index contributed by atoms with van der Waals surface area (Å²) < 4.78 is 0. The lowest BCUT2D eigenvalue weighted by atomic mass is 10.1. The standard InChI is InChI=1S/C13H21NO/c1-2-3-4-5-6-7-8-13-9-12(11-15)10-14-13/h9-11,14H,2-8H2,1H3. The third kappa shape index (κ3) is 4.82. The van der Waals surface area contributed by atoms with Crippen LogP contribution in [0.4, 0.5) is 0 Å². The van der Waals surface area contributed by atoms with Gasteiger partial charge in [0.15, 0.2) is 6.29 Å². The summed E-state index contributed by atoms with van der Waals surface area (Å²) in [5, 5.41) is 0. The van der Waals surface area contributed by atoms with Gasteiger partial charge >= 0.3 is 0 Å². The van der Waals surface area contributed by atoms with Gasteiger partial charge in [-0.25, -0.2) is 0 Å². The second-order valence-electron chi connectivity index (χ2n) is 4.09. The molecule has 0 atom stereocenters. The van der Waals surface area contributed by atoms with E-state index in [-0.39, 0.29) is 0 Å². The average molecular weight is 207 g/mol. The fourth-order valence-corrected chi connectivity index (χ4v) is 1.77.